The van der Waals surface area contributed by atoms with Crippen LogP contribution in [0.5, 0.6) is 5.75 Å². The molecule has 8 nitrogen and oxygen atoms in total. The molecule has 0 saturated carbocycles. The fourth-order valence-electron chi connectivity index (χ4n) is 4.87. The first-order chi connectivity index (χ1) is 16.3. The topological polar surface area (TPSA) is 95.1 Å². The van der Waals surface area contributed by atoms with Gasteiger partial charge in [-0.25, -0.2) is 0 Å². The number of hydrogen-bond donors (Lipinski definition) is 2. The van der Waals surface area contributed by atoms with Crippen molar-refractivity contribution >= 4 is 17.4 Å². The minimum absolute atomic E-state index is 0.117. The summed E-state index contributed by atoms with van der Waals surface area (Å²) in [5, 5.41) is 11.4. The van der Waals surface area contributed by atoms with Gasteiger partial charge in [-0.3, -0.25) is 14.5 Å². The molecule has 0 bridgehead atoms. The third kappa shape index (κ3) is 4.48. The molecule has 0 spiro atoms. The summed E-state index contributed by atoms with van der Waals surface area (Å²) in [4.78, 5) is 33.6. The molecule has 4 rings (SSSR count). The average Bonchev–Trinajstić information content (AvgIpc) is 3.24. The number of carbonyl (C=O) groups is 2. The molecule has 182 valence electrons. The van der Waals surface area contributed by atoms with Gasteiger partial charge in [-0.2, -0.15) is 0 Å². The SMILES string of the molecule is CCOc1cccc(C2/C(=C(\O)c3c(C)[nH]c(C)c3C)C(=O)C(=O)N2CCN2CCOCC2)c1. The van der Waals surface area contributed by atoms with Crippen molar-refractivity contribution in [2.75, 3.05) is 46.0 Å². The van der Waals surface area contributed by atoms with Crippen molar-refractivity contribution in [3.63, 3.8) is 0 Å². The van der Waals surface area contributed by atoms with E-state index in [1.807, 2.05) is 52.0 Å². The molecule has 0 aliphatic carbocycles. The Hall–Kier alpha value is -3.10. The number of amides is 1. The Kier molecular flexibility index (Phi) is 7.09. The first-order valence-corrected chi connectivity index (χ1v) is 11.8. The van der Waals surface area contributed by atoms with Crippen LogP contribution in [0.3, 0.4) is 0 Å². The van der Waals surface area contributed by atoms with E-state index in [-0.39, 0.29) is 11.3 Å². The Morgan fingerprint density at radius 3 is 2.53 bits per heavy atom. The van der Waals surface area contributed by atoms with Gasteiger partial charge in [0.2, 0.25) is 0 Å². The van der Waals surface area contributed by atoms with Gasteiger partial charge in [-0.15, -0.1) is 0 Å². The van der Waals surface area contributed by atoms with Gasteiger partial charge in [0, 0.05) is 43.1 Å². The van der Waals surface area contributed by atoms with Crippen LogP contribution < -0.4 is 4.74 Å². The van der Waals surface area contributed by atoms with Crippen LogP contribution in [0.1, 0.15) is 41.0 Å². The first-order valence-electron chi connectivity index (χ1n) is 11.8. The number of nitrogens with zero attached hydrogens (tertiary/aromatic N) is 2. The first kappa shape index (κ1) is 24.0. The molecular formula is C26H33N3O5. The molecule has 3 heterocycles. The summed E-state index contributed by atoms with van der Waals surface area (Å²) in [5.41, 5.74) is 3.96. The number of H-pyrrole nitrogens is 1. The minimum Gasteiger partial charge on any atom is -0.507 e. The van der Waals surface area contributed by atoms with Crippen molar-refractivity contribution in [2.24, 2.45) is 0 Å². The number of ether oxygens (including phenoxy) is 2. The summed E-state index contributed by atoms with van der Waals surface area (Å²) in [6.45, 7) is 12.0. The zero-order valence-electron chi connectivity index (χ0n) is 20.3. The lowest BCUT2D eigenvalue weighted by Gasteiger charge is -2.31. The molecule has 8 heteroatoms. The number of carbonyl (C=O) groups excluding carboxylic acids is 2. The van der Waals surface area contributed by atoms with Crippen molar-refractivity contribution in [3.05, 3.63) is 57.9 Å². The van der Waals surface area contributed by atoms with Crippen LogP contribution in [0.15, 0.2) is 29.8 Å². The standard InChI is InChI=1S/C26H33N3O5/c1-5-34-20-8-6-7-19(15-20)23-22(24(30)21-16(2)17(3)27-18(21)4)25(31)26(32)29(23)10-9-28-11-13-33-14-12-28/h6-8,15,23,27,30H,5,9-14H2,1-4H3/b24-22+. The number of aromatic nitrogens is 1. The van der Waals surface area contributed by atoms with Crippen LogP contribution in [0.4, 0.5) is 0 Å². The monoisotopic (exact) mass is 467 g/mol. The van der Waals surface area contributed by atoms with Gasteiger partial charge in [0.1, 0.15) is 11.5 Å². The second kappa shape index (κ2) is 10.0. The molecular weight excluding hydrogens is 434 g/mol. The molecule has 1 atom stereocenters. The number of nitrogens with one attached hydrogen (secondary N) is 1. The molecule has 1 aromatic heterocycles. The Balaban J connectivity index is 1.79. The highest BCUT2D eigenvalue weighted by Crippen LogP contribution is 2.41. The maximum atomic E-state index is 13.3. The van der Waals surface area contributed by atoms with Crippen molar-refractivity contribution in [1.82, 2.24) is 14.8 Å². The van der Waals surface area contributed by atoms with Crippen molar-refractivity contribution in [2.45, 2.75) is 33.7 Å². The van der Waals surface area contributed by atoms with E-state index in [0.717, 1.165) is 35.6 Å². The number of likely N-dealkylation sites (tertiary alicyclic amines) is 1. The van der Waals surface area contributed by atoms with Crippen molar-refractivity contribution < 1.29 is 24.2 Å². The number of aliphatic hydroxyl groups excluding tert-OH is 1. The van der Waals surface area contributed by atoms with E-state index in [1.54, 1.807) is 4.90 Å². The van der Waals surface area contributed by atoms with E-state index in [9.17, 15) is 14.7 Å². The highest BCUT2D eigenvalue weighted by atomic mass is 16.5. The van der Waals surface area contributed by atoms with E-state index in [1.165, 1.54) is 0 Å². The van der Waals surface area contributed by atoms with Crippen LogP contribution in [0.25, 0.3) is 5.76 Å². The van der Waals surface area contributed by atoms with E-state index in [2.05, 4.69) is 9.88 Å². The van der Waals surface area contributed by atoms with E-state index in [0.29, 0.717) is 44.2 Å². The number of morpholine rings is 1. The molecule has 2 N–H and O–H groups in total. The maximum Gasteiger partial charge on any atom is 0.295 e. The van der Waals surface area contributed by atoms with Gasteiger partial charge >= 0.3 is 0 Å². The van der Waals surface area contributed by atoms with Crippen LogP contribution in [0.2, 0.25) is 0 Å². The average molecular weight is 468 g/mol. The third-order valence-electron chi connectivity index (χ3n) is 6.71. The second-order valence-electron chi connectivity index (χ2n) is 8.83. The summed E-state index contributed by atoms with van der Waals surface area (Å²) in [5.74, 6) is -0.741. The summed E-state index contributed by atoms with van der Waals surface area (Å²) in [6, 6.07) is 6.71. The Bertz CT molecular complexity index is 1110. The quantitative estimate of drug-likeness (QED) is 0.369. The van der Waals surface area contributed by atoms with Gasteiger partial charge in [0.15, 0.2) is 0 Å². The highest BCUT2D eigenvalue weighted by Gasteiger charge is 2.46. The molecule has 2 saturated heterocycles. The summed E-state index contributed by atoms with van der Waals surface area (Å²) in [7, 11) is 0. The number of aromatic amines is 1. The molecule has 2 aromatic rings. The van der Waals surface area contributed by atoms with Crippen LogP contribution in [-0.4, -0.2) is 77.6 Å². The molecule has 2 aliphatic rings. The van der Waals surface area contributed by atoms with Crippen LogP contribution in [0, 0.1) is 20.8 Å². The number of benzene rings is 1. The molecule has 34 heavy (non-hydrogen) atoms. The van der Waals surface area contributed by atoms with Crippen molar-refractivity contribution in [3.8, 4) is 5.75 Å². The normalized spacial score (nSPS) is 20.8. The van der Waals surface area contributed by atoms with Crippen LogP contribution in [-0.2, 0) is 14.3 Å². The fraction of sp³-hybridized carbons (Fsp3) is 0.462. The van der Waals surface area contributed by atoms with Gasteiger partial charge in [0.25, 0.3) is 11.7 Å². The van der Waals surface area contributed by atoms with Crippen molar-refractivity contribution in [1.29, 1.82) is 0 Å². The number of aliphatic hydroxyl groups is 1. The summed E-state index contributed by atoms with van der Waals surface area (Å²) < 4.78 is 11.1. The Labute approximate surface area is 200 Å². The van der Waals surface area contributed by atoms with Gasteiger partial charge in [-0.1, -0.05) is 12.1 Å². The highest BCUT2D eigenvalue weighted by molar-refractivity contribution is 6.46. The molecule has 1 unspecified atom stereocenters. The zero-order chi connectivity index (χ0) is 24.4. The maximum absolute atomic E-state index is 13.3. The van der Waals surface area contributed by atoms with Crippen LogP contribution >= 0.6 is 0 Å². The lowest BCUT2D eigenvalue weighted by atomic mass is 9.94. The number of aryl methyl sites for hydroxylation is 2. The van der Waals surface area contributed by atoms with Gasteiger partial charge in [-0.05, 0) is 51.0 Å². The summed E-state index contributed by atoms with van der Waals surface area (Å²) in [6.07, 6.45) is 0. The molecule has 2 aliphatic heterocycles. The summed E-state index contributed by atoms with van der Waals surface area (Å²) >= 11 is 0. The smallest absolute Gasteiger partial charge is 0.295 e. The van der Waals surface area contributed by atoms with E-state index in [4.69, 9.17) is 9.47 Å². The number of ketones is 1. The Morgan fingerprint density at radius 2 is 1.88 bits per heavy atom. The number of Topliss-reactive ketones (excluding diaryl/α,β-unsaturated/α-hetero) is 1. The number of hydrogen-bond acceptors (Lipinski definition) is 6. The lowest BCUT2D eigenvalue weighted by molar-refractivity contribution is -0.140. The second-order valence-corrected chi connectivity index (χ2v) is 8.83. The van der Waals surface area contributed by atoms with Gasteiger partial charge in [0.05, 0.1) is 31.4 Å². The van der Waals surface area contributed by atoms with Gasteiger partial charge < -0.3 is 24.5 Å². The fourth-order valence-corrected chi connectivity index (χ4v) is 4.87. The molecule has 2 fully saturated rings. The minimum atomic E-state index is -0.699. The predicted octanol–water partition coefficient (Wildman–Crippen LogP) is 3.09. The zero-order valence-corrected chi connectivity index (χ0v) is 20.3. The lowest BCUT2D eigenvalue weighted by Crippen LogP contribution is -2.42. The predicted molar refractivity (Wildman–Crippen MR) is 129 cm³/mol. The molecule has 0 radical (unpaired) electrons. The van der Waals surface area contributed by atoms with E-state index >= 15 is 0 Å². The third-order valence-corrected chi connectivity index (χ3v) is 6.71. The molecule has 1 amide bonds. The molecule has 1 aromatic carbocycles. The Morgan fingerprint density at radius 1 is 1.15 bits per heavy atom. The van der Waals surface area contributed by atoms with E-state index < -0.39 is 17.7 Å². The largest absolute Gasteiger partial charge is 0.507 e. The number of rotatable bonds is 7.